The van der Waals surface area contributed by atoms with E-state index in [0.717, 1.165) is 18.1 Å². The Morgan fingerprint density at radius 3 is 3.00 bits per heavy atom. The molecule has 100 valence electrons. The molecule has 1 aliphatic rings. The number of nitrogens with one attached hydrogen (secondary N) is 1. The predicted octanol–water partition coefficient (Wildman–Crippen LogP) is 2.84. The van der Waals surface area contributed by atoms with Gasteiger partial charge in [0.25, 0.3) is 0 Å². The topological polar surface area (TPSA) is 28.2 Å². The summed E-state index contributed by atoms with van der Waals surface area (Å²) in [6.07, 6.45) is 1.25. The van der Waals surface area contributed by atoms with Crippen molar-refractivity contribution in [3.63, 3.8) is 0 Å². The first-order valence-electron chi connectivity index (χ1n) is 6.59. The van der Waals surface area contributed by atoms with E-state index in [2.05, 4.69) is 52.9 Å². The van der Waals surface area contributed by atoms with E-state index in [0.29, 0.717) is 4.75 Å². The van der Waals surface area contributed by atoms with Gasteiger partial charge in [0, 0.05) is 30.6 Å². The molecule has 1 saturated heterocycles. The Bertz CT molecular complexity index is 392. The average molecular weight is 265 g/mol. The summed E-state index contributed by atoms with van der Waals surface area (Å²) in [5.41, 5.74) is 1.16. The smallest absolute Gasteiger partial charge is 0.126 e. The maximum absolute atomic E-state index is 4.59. The summed E-state index contributed by atoms with van der Waals surface area (Å²) in [7, 11) is 1.91. The molecular weight excluding hydrogens is 242 g/mol. The van der Waals surface area contributed by atoms with Crippen LogP contribution in [0, 0.1) is 0 Å². The Balaban J connectivity index is 1.96. The molecule has 3 nitrogen and oxygen atoms in total. The lowest BCUT2D eigenvalue weighted by Crippen LogP contribution is -2.27. The molecule has 2 rings (SSSR count). The maximum Gasteiger partial charge on any atom is 0.126 e. The van der Waals surface area contributed by atoms with Gasteiger partial charge >= 0.3 is 0 Å². The van der Waals surface area contributed by atoms with E-state index in [4.69, 9.17) is 0 Å². The summed E-state index contributed by atoms with van der Waals surface area (Å²) in [5, 5.41) is 3.10. The highest BCUT2D eigenvalue weighted by atomic mass is 32.2. The Kier molecular flexibility index (Phi) is 4.51. The number of rotatable bonds is 3. The number of anilines is 1. The summed E-state index contributed by atoms with van der Waals surface area (Å²) in [6.45, 7) is 8.00. The fraction of sp³-hybridized carbons (Fsp3) is 0.643. The lowest BCUT2D eigenvalue weighted by Gasteiger charge is -2.22. The number of thioether (sulfide) groups is 1. The number of aromatic nitrogens is 1. The Hall–Kier alpha value is -0.740. The zero-order chi connectivity index (χ0) is 13.0. The summed E-state index contributed by atoms with van der Waals surface area (Å²) in [4.78, 5) is 7.11. The summed E-state index contributed by atoms with van der Waals surface area (Å²) < 4.78 is 0.426. The van der Waals surface area contributed by atoms with Crippen molar-refractivity contribution < 1.29 is 0 Å². The third-order valence-electron chi connectivity index (χ3n) is 3.38. The van der Waals surface area contributed by atoms with Crippen molar-refractivity contribution in [2.24, 2.45) is 0 Å². The normalized spacial score (nSPS) is 20.4. The van der Waals surface area contributed by atoms with Gasteiger partial charge in [-0.25, -0.2) is 4.98 Å². The van der Waals surface area contributed by atoms with Crippen molar-refractivity contribution >= 4 is 17.6 Å². The fourth-order valence-corrected chi connectivity index (χ4v) is 3.29. The van der Waals surface area contributed by atoms with Crippen molar-refractivity contribution in [3.05, 3.63) is 23.9 Å². The minimum Gasteiger partial charge on any atom is -0.373 e. The number of pyridine rings is 1. The number of hydrogen-bond acceptors (Lipinski definition) is 4. The van der Waals surface area contributed by atoms with Crippen molar-refractivity contribution in [3.8, 4) is 0 Å². The standard InChI is InChI=1S/C14H23N3S/c1-14(2)7-8-17(9-10-18-14)11-12-5-4-6-13(15-3)16-12/h4-6H,7-11H2,1-3H3,(H,15,16). The van der Waals surface area contributed by atoms with E-state index in [1.807, 2.05) is 13.1 Å². The predicted molar refractivity (Wildman–Crippen MR) is 80.2 cm³/mol. The Labute approximate surface area is 114 Å². The van der Waals surface area contributed by atoms with Crippen molar-refractivity contribution in [1.29, 1.82) is 0 Å². The van der Waals surface area contributed by atoms with Crippen LogP contribution in [0.25, 0.3) is 0 Å². The molecule has 18 heavy (non-hydrogen) atoms. The van der Waals surface area contributed by atoms with Crippen LogP contribution in [0.5, 0.6) is 0 Å². The fourth-order valence-electron chi connectivity index (χ4n) is 2.16. The summed E-state index contributed by atoms with van der Waals surface area (Å²) in [5.74, 6) is 2.18. The van der Waals surface area contributed by atoms with Gasteiger partial charge in [-0.1, -0.05) is 19.9 Å². The molecule has 0 radical (unpaired) electrons. The van der Waals surface area contributed by atoms with Gasteiger partial charge in [-0.05, 0) is 25.1 Å². The largest absolute Gasteiger partial charge is 0.373 e. The number of hydrogen-bond donors (Lipinski definition) is 1. The van der Waals surface area contributed by atoms with Gasteiger partial charge in [0.15, 0.2) is 0 Å². The highest BCUT2D eigenvalue weighted by molar-refractivity contribution is 8.00. The molecule has 0 saturated carbocycles. The molecule has 0 bridgehead atoms. The van der Waals surface area contributed by atoms with Gasteiger partial charge in [-0.15, -0.1) is 0 Å². The van der Waals surface area contributed by atoms with Crippen LogP contribution in [0.15, 0.2) is 18.2 Å². The first-order chi connectivity index (χ1) is 8.59. The van der Waals surface area contributed by atoms with Crippen LogP contribution in [-0.4, -0.2) is 40.5 Å². The summed E-state index contributed by atoms with van der Waals surface area (Å²) >= 11 is 2.09. The minimum absolute atomic E-state index is 0.426. The maximum atomic E-state index is 4.59. The van der Waals surface area contributed by atoms with Crippen LogP contribution in [-0.2, 0) is 6.54 Å². The molecule has 0 atom stereocenters. The van der Waals surface area contributed by atoms with Gasteiger partial charge in [0.05, 0.1) is 5.69 Å². The molecular formula is C14H23N3S. The van der Waals surface area contributed by atoms with Gasteiger partial charge in [0.1, 0.15) is 5.82 Å². The zero-order valence-corrected chi connectivity index (χ0v) is 12.4. The van der Waals surface area contributed by atoms with Crippen LogP contribution < -0.4 is 5.32 Å². The SMILES string of the molecule is CNc1cccc(CN2CCSC(C)(C)CC2)n1. The Morgan fingerprint density at radius 2 is 2.22 bits per heavy atom. The molecule has 1 aromatic rings. The first-order valence-corrected chi connectivity index (χ1v) is 7.58. The van der Waals surface area contributed by atoms with Gasteiger partial charge < -0.3 is 5.32 Å². The van der Waals surface area contributed by atoms with Crippen molar-refractivity contribution in [1.82, 2.24) is 9.88 Å². The van der Waals surface area contributed by atoms with Gasteiger partial charge in [-0.2, -0.15) is 11.8 Å². The highest BCUT2D eigenvalue weighted by Gasteiger charge is 2.23. The van der Waals surface area contributed by atoms with Crippen molar-refractivity contribution in [2.45, 2.75) is 31.6 Å². The third kappa shape index (κ3) is 3.89. The minimum atomic E-state index is 0.426. The van der Waals surface area contributed by atoms with Crippen LogP contribution >= 0.6 is 11.8 Å². The van der Waals surface area contributed by atoms with E-state index >= 15 is 0 Å². The van der Waals surface area contributed by atoms with Gasteiger partial charge in [-0.3, -0.25) is 4.90 Å². The molecule has 1 aliphatic heterocycles. The van der Waals surface area contributed by atoms with Crippen LogP contribution in [0.3, 0.4) is 0 Å². The molecule has 4 heteroatoms. The van der Waals surface area contributed by atoms with E-state index in [9.17, 15) is 0 Å². The third-order valence-corrected chi connectivity index (χ3v) is 4.75. The van der Waals surface area contributed by atoms with Gasteiger partial charge in [0.2, 0.25) is 0 Å². The second-order valence-corrected chi connectivity index (χ2v) is 7.20. The molecule has 1 N–H and O–H groups in total. The first kappa shape index (κ1) is 13.7. The molecule has 0 spiro atoms. The summed E-state index contributed by atoms with van der Waals surface area (Å²) in [6, 6.07) is 6.19. The number of nitrogens with zero attached hydrogens (tertiary/aromatic N) is 2. The van der Waals surface area contributed by atoms with Crippen LogP contribution in [0.1, 0.15) is 26.0 Å². The van der Waals surface area contributed by atoms with E-state index in [1.54, 1.807) is 0 Å². The lowest BCUT2D eigenvalue weighted by molar-refractivity contribution is 0.273. The molecule has 2 heterocycles. The molecule has 0 aliphatic carbocycles. The van der Waals surface area contributed by atoms with Crippen molar-refractivity contribution in [2.75, 3.05) is 31.2 Å². The molecule has 1 fully saturated rings. The Morgan fingerprint density at radius 1 is 1.39 bits per heavy atom. The quantitative estimate of drug-likeness (QED) is 0.909. The van der Waals surface area contributed by atoms with Crippen LogP contribution in [0.2, 0.25) is 0 Å². The van der Waals surface area contributed by atoms with E-state index < -0.39 is 0 Å². The lowest BCUT2D eigenvalue weighted by atomic mass is 10.1. The average Bonchev–Trinajstić information content (AvgIpc) is 2.51. The monoisotopic (exact) mass is 265 g/mol. The molecule has 1 aromatic heterocycles. The molecule has 0 unspecified atom stereocenters. The molecule has 0 aromatic carbocycles. The highest BCUT2D eigenvalue weighted by Crippen LogP contribution is 2.30. The zero-order valence-electron chi connectivity index (χ0n) is 11.6. The molecule has 0 amide bonds. The second kappa shape index (κ2) is 5.93. The second-order valence-electron chi connectivity index (χ2n) is 5.40. The van der Waals surface area contributed by atoms with E-state index in [-0.39, 0.29) is 0 Å². The van der Waals surface area contributed by atoms with Crippen LogP contribution in [0.4, 0.5) is 5.82 Å². The van der Waals surface area contributed by atoms with E-state index in [1.165, 1.54) is 25.3 Å².